The number of amides is 1. The standard InChI is InChI=1S/C15H25N3O2S/c1-5-7-10-18(6-2)13(19)9-8-12-11(3)16-15(21-4)17-14(12)20/h5-10H2,1-4H3,(H,16,17,20). The molecule has 0 aliphatic heterocycles. The Morgan fingerprint density at radius 3 is 2.62 bits per heavy atom. The minimum atomic E-state index is -0.128. The van der Waals surface area contributed by atoms with Crippen molar-refractivity contribution < 1.29 is 4.79 Å². The number of aromatic amines is 1. The molecule has 0 unspecified atom stereocenters. The number of H-pyrrole nitrogens is 1. The SMILES string of the molecule is CCCCN(CC)C(=O)CCc1c(C)nc(SC)[nH]c1=O. The lowest BCUT2D eigenvalue weighted by atomic mass is 10.1. The second-order valence-electron chi connectivity index (χ2n) is 4.97. The van der Waals surface area contributed by atoms with Gasteiger partial charge in [0.05, 0.1) is 0 Å². The number of nitrogens with zero attached hydrogens (tertiary/aromatic N) is 2. The van der Waals surface area contributed by atoms with E-state index in [1.807, 2.05) is 25.0 Å². The van der Waals surface area contributed by atoms with E-state index in [1.54, 1.807) is 0 Å². The Morgan fingerprint density at radius 1 is 1.38 bits per heavy atom. The number of nitrogens with one attached hydrogen (secondary N) is 1. The van der Waals surface area contributed by atoms with Gasteiger partial charge in [0.15, 0.2) is 5.16 Å². The van der Waals surface area contributed by atoms with Gasteiger partial charge in [-0.3, -0.25) is 9.59 Å². The van der Waals surface area contributed by atoms with E-state index in [0.29, 0.717) is 29.3 Å². The average molecular weight is 311 g/mol. The molecule has 0 aliphatic carbocycles. The number of hydrogen-bond acceptors (Lipinski definition) is 4. The summed E-state index contributed by atoms with van der Waals surface area (Å²) in [5.74, 6) is 0.110. The summed E-state index contributed by atoms with van der Waals surface area (Å²) in [4.78, 5) is 33.1. The molecule has 21 heavy (non-hydrogen) atoms. The third kappa shape index (κ3) is 5.19. The summed E-state index contributed by atoms with van der Waals surface area (Å²) in [6.07, 6.45) is 4.77. The van der Waals surface area contributed by atoms with Gasteiger partial charge in [-0.15, -0.1) is 0 Å². The number of aryl methyl sites for hydroxylation is 1. The zero-order valence-corrected chi connectivity index (χ0v) is 14.2. The zero-order valence-electron chi connectivity index (χ0n) is 13.4. The molecule has 0 fully saturated rings. The molecule has 5 nitrogen and oxygen atoms in total. The Kier molecular flexibility index (Phi) is 7.50. The van der Waals surface area contributed by atoms with Gasteiger partial charge in [0.1, 0.15) is 0 Å². The molecule has 118 valence electrons. The molecule has 0 atom stereocenters. The summed E-state index contributed by atoms with van der Waals surface area (Å²) in [6, 6.07) is 0. The van der Waals surface area contributed by atoms with Crippen molar-refractivity contribution >= 4 is 17.7 Å². The van der Waals surface area contributed by atoms with E-state index in [0.717, 1.165) is 25.9 Å². The highest BCUT2D eigenvalue weighted by Crippen LogP contribution is 2.10. The van der Waals surface area contributed by atoms with Gasteiger partial charge in [-0.25, -0.2) is 4.98 Å². The van der Waals surface area contributed by atoms with Crippen LogP contribution in [-0.2, 0) is 11.2 Å². The van der Waals surface area contributed by atoms with E-state index >= 15 is 0 Å². The maximum absolute atomic E-state index is 12.2. The number of carbonyl (C=O) groups is 1. The van der Waals surface area contributed by atoms with E-state index in [-0.39, 0.29) is 11.5 Å². The third-order valence-electron chi connectivity index (χ3n) is 3.50. The lowest BCUT2D eigenvalue weighted by Crippen LogP contribution is -2.32. The highest BCUT2D eigenvalue weighted by atomic mass is 32.2. The summed E-state index contributed by atoms with van der Waals surface area (Å²) in [5.41, 5.74) is 1.21. The Labute approximate surface area is 130 Å². The van der Waals surface area contributed by atoms with Crippen molar-refractivity contribution in [3.8, 4) is 0 Å². The number of unbranched alkanes of at least 4 members (excludes halogenated alkanes) is 1. The van der Waals surface area contributed by atoms with Crippen LogP contribution in [-0.4, -0.2) is 40.1 Å². The van der Waals surface area contributed by atoms with Gasteiger partial charge in [-0.2, -0.15) is 0 Å². The molecule has 1 aromatic heterocycles. The van der Waals surface area contributed by atoms with Gasteiger partial charge in [-0.05, 0) is 32.9 Å². The molecular weight excluding hydrogens is 286 g/mol. The first-order valence-corrected chi connectivity index (χ1v) is 8.67. The Morgan fingerprint density at radius 2 is 2.10 bits per heavy atom. The molecular formula is C15H25N3O2S. The number of hydrogen-bond donors (Lipinski definition) is 1. The van der Waals surface area contributed by atoms with E-state index in [4.69, 9.17) is 0 Å². The van der Waals surface area contributed by atoms with Crippen molar-refractivity contribution in [3.63, 3.8) is 0 Å². The Balaban J connectivity index is 2.70. The second-order valence-corrected chi connectivity index (χ2v) is 5.76. The summed E-state index contributed by atoms with van der Waals surface area (Å²) >= 11 is 1.41. The first-order valence-electron chi connectivity index (χ1n) is 7.45. The summed E-state index contributed by atoms with van der Waals surface area (Å²) in [6.45, 7) is 7.44. The van der Waals surface area contributed by atoms with Crippen molar-refractivity contribution in [3.05, 3.63) is 21.6 Å². The summed E-state index contributed by atoms with van der Waals surface area (Å²) in [5, 5.41) is 0.616. The highest BCUT2D eigenvalue weighted by Gasteiger charge is 2.14. The minimum Gasteiger partial charge on any atom is -0.343 e. The van der Waals surface area contributed by atoms with Crippen molar-refractivity contribution in [2.24, 2.45) is 0 Å². The first-order chi connectivity index (χ1) is 10.0. The van der Waals surface area contributed by atoms with E-state index in [9.17, 15) is 9.59 Å². The molecule has 6 heteroatoms. The van der Waals surface area contributed by atoms with Crippen molar-refractivity contribution in [1.29, 1.82) is 0 Å². The largest absolute Gasteiger partial charge is 0.343 e. The molecule has 1 aromatic rings. The van der Waals surface area contributed by atoms with Crippen LogP contribution in [0.3, 0.4) is 0 Å². The predicted octanol–water partition coefficient (Wildman–Crippen LogP) is 2.38. The summed E-state index contributed by atoms with van der Waals surface area (Å²) in [7, 11) is 0. The molecule has 0 saturated carbocycles. The number of rotatable bonds is 8. The lowest BCUT2D eigenvalue weighted by Gasteiger charge is -2.20. The minimum absolute atomic E-state index is 0.110. The molecule has 0 spiro atoms. The molecule has 0 saturated heterocycles. The first kappa shape index (κ1) is 17.8. The van der Waals surface area contributed by atoms with Gasteiger partial charge in [-0.1, -0.05) is 25.1 Å². The van der Waals surface area contributed by atoms with Crippen LogP contribution in [0.15, 0.2) is 9.95 Å². The normalized spacial score (nSPS) is 10.7. The molecule has 1 amide bonds. The molecule has 1 N–H and O–H groups in total. The number of aromatic nitrogens is 2. The van der Waals surface area contributed by atoms with Crippen molar-refractivity contribution in [2.75, 3.05) is 19.3 Å². The van der Waals surface area contributed by atoms with E-state index in [1.165, 1.54) is 11.8 Å². The fourth-order valence-corrected chi connectivity index (χ4v) is 2.60. The van der Waals surface area contributed by atoms with Crippen molar-refractivity contribution in [2.45, 2.75) is 51.6 Å². The Hall–Kier alpha value is -1.30. The fourth-order valence-electron chi connectivity index (χ4n) is 2.17. The lowest BCUT2D eigenvalue weighted by molar-refractivity contribution is -0.131. The average Bonchev–Trinajstić information content (AvgIpc) is 2.46. The van der Waals surface area contributed by atoms with Crippen LogP contribution >= 0.6 is 11.8 Å². The van der Waals surface area contributed by atoms with Gasteiger partial charge in [0.25, 0.3) is 5.56 Å². The Bertz CT molecular complexity index is 528. The quantitative estimate of drug-likeness (QED) is 0.591. The molecule has 1 rings (SSSR count). The second kappa shape index (κ2) is 8.87. The van der Waals surface area contributed by atoms with Gasteiger partial charge < -0.3 is 9.88 Å². The van der Waals surface area contributed by atoms with Crippen LogP contribution in [0.4, 0.5) is 0 Å². The van der Waals surface area contributed by atoms with Crippen molar-refractivity contribution in [1.82, 2.24) is 14.9 Å². The van der Waals surface area contributed by atoms with Crippen LogP contribution in [0.2, 0.25) is 0 Å². The fraction of sp³-hybridized carbons (Fsp3) is 0.667. The third-order valence-corrected chi connectivity index (χ3v) is 4.08. The monoisotopic (exact) mass is 311 g/mol. The zero-order chi connectivity index (χ0) is 15.8. The number of carbonyl (C=O) groups excluding carboxylic acids is 1. The van der Waals surface area contributed by atoms with Crippen LogP contribution in [0.1, 0.15) is 44.4 Å². The topological polar surface area (TPSA) is 66.1 Å². The van der Waals surface area contributed by atoms with Crippen LogP contribution in [0.5, 0.6) is 0 Å². The highest BCUT2D eigenvalue weighted by molar-refractivity contribution is 7.98. The maximum atomic E-state index is 12.2. The number of thioether (sulfide) groups is 1. The van der Waals surface area contributed by atoms with Crippen LogP contribution < -0.4 is 5.56 Å². The predicted molar refractivity (Wildman–Crippen MR) is 86.9 cm³/mol. The van der Waals surface area contributed by atoms with E-state index in [2.05, 4.69) is 16.9 Å². The van der Waals surface area contributed by atoms with Crippen LogP contribution in [0, 0.1) is 6.92 Å². The maximum Gasteiger partial charge on any atom is 0.254 e. The smallest absolute Gasteiger partial charge is 0.254 e. The molecule has 0 radical (unpaired) electrons. The van der Waals surface area contributed by atoms with Gasteiger partial charge >= 0.3 is 0 Å². The molecule has 0 bridgehead atoms. The molecule has 1 heterocycles. The van der Waals surface area contributed by atoms with E-state index < -0.39 is 0 Å². The molecule has 0 aliphatic rings. The summed E-state index contributed by atoms with van der Waals surface area (Å²) < 4.78 is 0. The molecule has 0 aromatic carbocycles. The van der Waals surface area contributed by atoms with Crippen LogP contribution in [0.25, 0.3) is 0 Å². The van der Waals surface area contributed by atoms with Gasteiger partial charge in [0, 0.05) is 30.8 Å². The van der Waals surface area contributed by atoms with Gasteiger partial charge in [0.2, 0.25) is 5.91 Å².